The molecule has 6 nitrogen and oxygen atoms in total. The molecule has 0 fully saturated rings. The molecular weight excluding hydrogens is 505 g/mol. The van der Waals surface area contributed by atoms with Crippen LogP contribution in [0.3, 0.4) is 0 Å². The number of halogens is 1. The maximum atomic E-state index is 13.4. The molecule has 0 aliphatic carbocycles. The predicted octanol–water partition coefficient (Wildman–Crippen LogP) is 6.63. The second-order valence-electron chi connectivity index (χ2n) is 9.71. The summed E-state index contributed by atoms with van der Waals surface area (Å²) in [6.07, 6.45) is 4.47. The molecule has 0 saturated carbocycles. The third kappa shape index (κ3) is 8.05. The van der Waals surface area contributed by atoms with Gasteiger partial charge in [-0.1, -0.05) is 51.8 Å². The number of nitrogens with zero attached hydrogens (tertiary/aromatic N) is 1. The lowest BCUT2D eigenvalue weighted by Gasteiger charge is -2.25. The van der Waals surface area contributed by atoms with Gasteiger partial charge in [-0.25, -0.2) is 4.39 Å². The third-order valence-corrected chi connectivity index (χ3v) is 7.29. The highest BCUT2D eigenvalue weighted by atomic mass is 32.2. The van der Waals surface area contributed by atoms with Crippen molar-refractivity contribution in [3.63, 3.8) is 0 Å². The summed E-state index contributed by atoms with van der Waals surface area (Å²) in [5, 5.41) is 0. The van der Waals surface area contributed by atoms with Crippen molar-refractivity contribution in [2.45, 2.75) is 57.9 Å². The van der Waals surface area contributed by atoms with Crippen LogP contribution in [-0.2, 0) is 23.1 Å². The van der Waals surface area contributed by atoms with E-state index in [2.05, 4.69) is 6.92 Å². The Balaban J connectivity index is 1.82. The zero-order valence-corrected chi connectivity index (χ0v) is 23.3. The molecule has 0 aliphatic rings. The number of methoxy groups -OCH3 is 1. The maximum Gasteiger partial charge on any atom is 0.339 e. The summed E-state index contributed by atoms with van der Waals surface area (Å²) in [5.41, 5.74) is 2.50. The lowest BCUT2D eigenvalue weighted by molar-refractivity contribution is 0.0722. The molecule has 3 rings (SSSR count). The lowest BCUT2D eigenvalue weighted by Crippen LogP contribution is -2.33. The van der Waals surface area contributed by atoms with Gasteiger partial charge < -0.3 is 13.8 Å². The van der Waals surface area contributed by atoms with Gasteiger partial charge in [0, 0.05) is 18.7 Å². The van der Waals surface area contributed by atoms with E-state index in [0.717, 1.165) is 43.5 Å². The number of aryl methyl sites for hydroxylation is 1. The minimum absolute atomic E-state index is 0.0114. The van der Waals surface area contributed by atoms with Gasteiger partial charge in [-0.05, 0) is 78.4 Å². The average Bonchev–Trinajstić information content (AvgIpc) is 2.88. The highest BCUT2D eigenvalue weighted by Crippen LogP contribution is 2.31. The number of rotatable bonds is 13. The first kappa shape index (κ1) is 29.2. The Hall–Kier alpha value is -3.39. The van der Waals surface area contributed by atoms with E-state index in [9.17, 15) is 17.6 Å². The molecule has 0 saturated heterocycles. The minimum atomic E-state index is -4.23. The lowest BCUT2D eigenvalue weighted by atomic mass is 10.0. The van der Waals surface area contributed by atoms with Crippen molar-refractivity contribution < 1.29 is 26.5 Å². The molecule has 0 N–H and O–H groups in total. The molecule has 8 heteroatoms. The first-order valence-corrected chi connectivity index (χ1v) is 14.3. The molecule has 38 heavy (non-hydrogen) atoms. The summed E-state index contributed by atoms with van der Waals surface area (Å²) in [6.45, 7) is 7.02. The third-order valence-electron chi connectivity index (χ3n) is 6.05. The van der Waals surface area contributed by atoms with E-state index >= 15 is 0 Å². The van der Waals surface area contributed by atoms with Gasteiger partial charge in [0.05, 0.1) is 7.11 Å². The monoisotopic (exact) mass is 541 g/mol. The largest absolute Gasteiger partial charge is 0.493 e. The second-order valence-corrected chi connectivity index (χ2v) is 11.3. The first-order chi connectivity index (χ1) is 18.1. The number of unbranched alkanes of at least 4 members (excludes halogenated alkanes) is 2. The number of amides is 1. The van der Waals surface area contributed by atoms with Crippen LogP contribution in [0.5, 0.6) is 11.5 Å². The fraction of sp³-hybridized carbons (Fsp3) is 0.367. The van der Waals surface area contributed by atoms with Crippen LogP contribution in [0, 0.1) is 11.7 Å². The normalized spacial score (nSPS) is 11.4. The SMILES string of the molecule is CCCCCc1ccc(C(=O)N(Cc2ccc(OC)c(OS(=O)(=O)c3ccc(F)cc3)c2)CC(C)C)cc1. The fourth-order valence-electron chi connectivity index (χ4n) is 4.11. The smallest absolute Gasteiger partial charge is 0.339 e. The van der Waals surface area contributed by atoms with Crippen molar-refractivity contribution in [3.05, 3.63) is 89.2 Å². The highest BCUT2D eigenvalue weighted by Gasteiger charge is 2.22. The van der Waals surface area contributed by atoms with Crippen LogP contribution in [0.25, 0.3) is 0 Å². The molecule has 0 bridgehead atoms. The summed E-state index contributed by atoms with van der Waals surface area (Å²) in [5.74, 6) is -0.219. The van der Waals surface area contributed by atoms with E-state index in [1.54, 1.807) is 23.1 Å². The number of hydrogen-bond donors (Lipinski definition) is 0. The van der Waals surface area contributed by atoms with Crippen LogP contribution >= 0.6 is 0 Å². The van der Waals surface area contributed by atoms with Gasteiger partial charge in [0.2, 0.25) is 0 Å². The molecule has 0 heterocycles. The zero-order valence-electron chi connectivity index (χ0n) is 22.4. The van der Waals surface area contributed by atoms with Gasteiger partial charge in [0.25, 0.3) is 5.91 Å². The van der Waals surface area contributed by atoms with Crippen molar-refractivity contribution >= 4 is 16.0 Å². The number of hydrogen-bond acceptors (Lipinski definition) is 5. The van der Waals surface area contributed by atoms with Gasteiger partial charge in [-0.2, -0.15) is 8.42 Å². The molecule has 0 unspecified atom stereocenters. The number of benzene rings is 3. The topological polar surface area (TPSA) is 72.9 Å². The Morgan fingerprint density at radius 2 is 1.58 bits per heavy atom. The Bertz CT molecular complexity index is 1310. The molecule has 1 amide bonds. The van der Waals surface area contributed by atoms with Crippen molar-refractivity contribution in [1.29, 1.82) is 0 Å². The Morgan fingerprint density at radius 3 is 2.18 bits per heavy atom. The maximum absolute atomic E-state index is 13.4. The van der Waals surface area contributed by atoms with Gasteiger partial charge in [-0.15, -0.1) is 0 Å². The Kier molecular flexibility index (Phi) is 10.3. The van der Waals surface area contributed by atoms with Crippen molar-refractivity contribution in [2.75, 3.05) is 13.7 Å². The molecule has 0 radical (unpaired) electrons. The quantitative estimate of drug-likeness (QED) is 0.179. The fourth-order valence-corrected chi connectivity index (χ4v) is 5.04. The number of carbonyl (C=O) groups excluding carboxylic acids is 1. The summed E-state index contributed by atoms with van der Waals surface area (Å²) < 4.78 is 49.5. The number of carbonyl (C=O) groups is 1. The summed E-state index contributed by atoms with van der Waals surface area (Å²) in [4.78, 5) is 15.0. The summed E-state index contributed by atoms with van der Waals surface area (Å²) in [6, 6.07) is 17.1. The van der Waals surface area contributed by atoms with Crippen LogP contribution in [0.2, 0.25) is 0 Å². The molecule has 0 spiro atoms. The second kappa shape index (κ2) is 13.4. The van der Waals surface area contributed by atoms with Crippen molar-refractivity contribution in [2.24, 2.45) is 5.92 Å². The van der Waals surface area contributed by atoms with Crippen molar-refractivity contribution in [1.82, 2.24) is 4.90 Å². The molecule has 0 aliphatic heterocycles. The summed E-state index contributed by atoms with van der Waals surface area (Å²) in [7, 11) is -2.82. The van der Waals surface area contributed by atoms with E-state index in [-0.39, 0.29) is 34.8 Å². The standard InChI is InChI=1S/C30H36FNO5S/c1-5-6-7-8-23-9-12-25(13-10-23)30(33)32(20-22(2)3)21-24-11-18-28(36-4)29(19-24)37-38(34,35)27-16-14-26(31)15-17-27/h9-19,22H,5-8,20-21H2,1-4H3. The molecule has 204 valence electrons. The number of ether oxygens (including phenoxy) is 1. The zero-order chi connectivity index (χ0) is 27.7. The van der Waals surface area contributed by atoms with E-state index < -0.39 is 15.9 Å². The van der Waals surface area contributed by atoms with E-state index in [1.807, 2.05) is 38.1 Å². The molecule has 0 atom stereocenters. The van der Waals surface area contributed by atoms with Gasteiger partial charge in [0.1, 0.15) is 10.7 Å². The van der Waals surface area contributed by atoms with E-state index in [1.165, 1.54) is 19.1 Å². The van der Waals surface area contributed by atoms with Gasteiger partial charge in [0.15, 0.2) is 11.5 Å². The van der Waals surface area contributed by atoms with Crippen LogP contribution in [0.4, 0.5) is 4.39 Å². The molecule has 0 aromatic heterocycles. The van der Waals surface area contributed by atoms with E-state index in [0.29, 0.717) is 17.7 Å². The van der Waals surface area contributed by atoms with E-state index in [4.69, 9.17) is 8.92 Å². The van der Waals surface area contributed by atoms with Crippen LogP contribution < -0.4 is 8.92 Å². The highest BCUT2D eigenvalue weighted by molar-refractivity contribution is 7.87. The van der Waals surface area contributed by atoms with Gasteiger partial charge >= 0.3 is 10.1 Å². The predicted molar refractivity (Wildman–Crippen MR) is 146 cm³/mol. The van der Waals surface area contributed by atoms with Gasteiger partial charge in [-0.3, -0.25) is 4.79 Å². The Morgan fingerprint density at radius 1 is 0.921 bits per heavy atom. The molecule has 3 aromatic rings. The first-order valence-electron chi connectivity index (χ1n) is 12.9. The van der Waals surface area contributed by atoms with Crippen molar-refractivity contribution in [3.8, 4) is 11.5 Å². The van der Waals surface area contributed by atoms with Crippen LogP contribution in [0.1, 0.15) is 61.5 Å². The summed E-state index contributed by atoms with van der Waals surface area (Å²) >= 11 is 0. The van der Waals surface area contributed by atoms with Crippen LogP contribution in [-0.4, -0.2) is 32.9 Å². The molecule has 3 aromatic carbocycles. The Labute approximate surface area is 225 Å². The van der Waals surface area contributed by atoms with Crippen LogP contribution in [0.15, 0.2) is 71.6 Å². The average molecular weight is 542 g/mol. The minimum Gasteiger partial charge on any atom is -0.493 e. The molecular formula is C30H36FNO5S.